The van der Waals surface area contributed by atoms with Gasteiger partial charge >= 0.3 is 0 Å². The Labute approximate surface area is 105 Å². The number of aromatic amines is 1. The standard InChI is InChI=1S/C14H14N4/c15-8-6-12-17-13-11(7-9-16-14(13)18-12)10-4-2-1-3-5-10/h1-5,7,9H,6,8,15H2,(H,16,17,18). The maximum absolute atomic E-state index is 5.55. The summed E-state index contributed by atoms with van der Waals surface area (Å²) in [5.74, 6) is 0.892. The number of nitrogens with zero attached hydrogens (tertiary/aromatic N) is 2. The molecule has 90 valence electrons. The highest BCUT2D eigenvalue weighted by atomic mass is 15.0. The molecule has 0 amide bonds. The number of aromatic nitrogens is 3. The van der Waals surface area contributed by atoms with Crippen molar-refractivity contribution >= 4 is 11.2 Å². The number of fused-ring (bicyclic) bond motifs is 1. The van der Waals surface area contributed by atoms with E-state index in [-0.39, 0.29) is 0 Å². The van der Waals surface area contributed by atoms with Crippen LogP contribution in [0.25, 0.3) is 22.3 Å². The second-order valence-corrected chi connectivity index (χ2v) is 4.15. The molecule has 0 aliphatic carbocycles. The van der Waals surface area contributed by atoms with Crippen LogP contribution in [-0.4, -0.2) is 21.5 Å². The Morgan fingerprint density at radius 3 is 2.72 bits per heavy atom. The van der Waals surface area contributed by atoms with Crippen molar-refractivity contribution in [1.82, 2.24) is 15.0 Å². The Kier molecular flexibility index (Phi) is 2.78. The molecule has 0 aliphatic heterocycles. The molecule has 3 N–H and O–H groups in total. The first-order valence-corrected chi connectivity index (χ1v) is 5.97. The van der Waals surface area contributed by atoms with Crippen LogP contribution in [0.4, 0.5) is 0 Å². The molecule has 0 spiro atoms. The first kappa shape index (κ1) is 10.9. The van der Waals surface area contributed by atoms with E-state index in [4.69, 9.17) is 5.73 Å². The van der Waals surface area contributed by atoms with E-state index in [1.807, 2.05) is 24.3 Å². The number of hydrogen-bond acceptors (Lipinski definition) is 3. The summed E-state index contributed by atoms with van der Waals surface area (Å²) >= 11 is 0. The van der Waals surface area contributed by atoms with Gasteiger partial charge in [-0.25, -0.2) is 9.97 Å². The minimum atomic E-state index is 0.584. The lowest BCUT2D eigenvalue weighted by molar-refractivity contribution is 0.899. The van der Waals surface area contributed by atoms with Crippen LogP contribution in [0.3, 0.4) is 0 Å². The van der Waals surface area contributed by atoms with Crippen LogP contribution in [0, 0.1) is 0 Å². The zero-order chi connectivity index (χ0) is 12.4. The fourth-order valence-electron chi connectivity index (χ4n) is 2.07. The Hall–Kier alpha value is -2.20. The molecule has 0 aliphatic rings. The first-order chi connectivity index (χ1) is 8.88. The molecular formula is C14H14N4. The van der Waals surface area contributed by atoms with E-state index in [0.717, 1.165) is 34.5 Å². The molecule has 0 unspecified atom stereocenters. The van der Waals surface area contributed by atoms with E-state index in [9.17, 15) is 0 Å². The SMILES string of the molecule is NCCc1nc2nccc(-c3ccccc3)c2[nH]1. The number of pyridine rings is 1. The third kappa shape index (κ3) is 1.87. The third-order valence-corrected chi connectivity index (χ3v) is 2.91. The van der Waals surface area contributed by atoms with Gasteiger partial charge in [0.15, 0.2) is 5.65 Å². The molecular weight excluding hydrogens is 224 g/mol. The van der Waals surface area contributed by atoms with E-state index in [1.54, 1.807) is 6.20 Å². The molecule has 2 aromatic heterocycles. The van der Waals surface area contributed by atoms with Crippen molar-refractivity contribution in [3.05, 3.63) is 48.4 Å². The van der Waals surface area contributed by atoms with Crippen molar-refractivity contribution in [1.29, 1.82) is 0 Å². The number of H-pyrrole nitrogens is 1. The lowest BCUT2D eigenvalue weighted by Gasteiger charge is -2.01. The van der Waals surface area contributed by atoms with Gasteiger partial charge in [0.05, 0.1) is 5.52 Å². The Morgan fingerprint density at radius 2 is 1.94 bits per heavy atom. The van der Waals surface area contributed by atoms with E-state index >= 15 is 0 Å². The van der Waals surface area contributed by atoms with E-state index < -0.39 is 0 Å². The highest BCUT2D eigenvalue weighted by Gasteiger charge is 2.08. The van der Waals surface area contributed by atoms with Crippen molar-refractivity contribution in [3.8, 4) is 11.1 Å². The fourth-order valence-corrected chi connectivity index (χ4v) is 2.07. The first-order valence-electron chi connectivity index (χ1n) is 5.97. The summed E-state index contributed by atoms with van der Waals surface area (Å²) in [7, 11) is 0. The highest BCUT2D eigenvalue weighted by Crippen LogP contribution is 2.25. The molecule has 2 heterocycles. The number of hydrogen-bond donors (Lipinski definition) is 2. The quantitative estimate of drug-likeness (QED) is 0.734. The minimum absolute atomic E-state index is 0.584. The van der Waals surface area contributed by atoms with Crippen LogP contribution < -0.4 is 5.73 Å². The third-order valence-electron chi connectivity index (χ3n) is 2.91. The monoisotopic (exact) mass is 238 g/mol. The Morgan fingerprint density at radius 1 is 1.11 bits per heavy atom. The molecule has 4 nitrogen and oxygen atoms in total. The van der Waals surface area contributed by atoms with Gasteiger partial charge in [0.1, 0.15) is 5.82 Å². The van der Waals surface area contributed by atoms with Crippen LogP contribution in [0.15, 0.2) is 42.6 Å². The van der Waals surface area contributed by atoms with E-state index in [1.165, 1.54) is 0 Å². The Bertz CT molecular complexity index is 658. The molecule has 0 radical (unpaired) electrons. The molecule has 1 aromatic carbocycles. The van der Waals surface area contributed by atoms with Crippen molar-refractivity contribution in [2.75, 3.05) is 6.54 Å². The topological polar surface area (TPSA) is 67.6 Å². The average molecular weight is 238 g/mol. The molecule has 0 atom stereocenters. The van der Waals surface area contributed by atoms with Crippen LogP contribution in [0.5, 0.6) is 0 Å². The summed E-state index contributed by atoms with van der Waals surface area (Å²) < 4.78 is 0. The van der Waals surface area contributed by atoms with Gasteiger partial charge in [-0.15, -0.1) is 0 Å². The zero-order valence-corrected chi connectivity index (χ0v) is 9.93. The second-order valence-electron chi connectivity index (χ2n) is 4.15. The number of nitrogens with one attached hydrogen (secondary N) is 1. The van der Waals surface area contributed by atoms with Gasteiger partial charge in [0.25, 0.3) is 0 Å². The van der Waals surface area contributed by atoms with Crippen molar-refractivity contribution in [2.45, 2.75) is 6.42 Å². The summed E-state index contributed by atoms with van der Waals surface area (Å²) in [6.45, 7) is 0.584. The second kappa shape index (κ2) is 4.58. The van der Waals surface area contributed by atoms with Gasteiger partial charge < -0.3 is 10.7 Å². The molecule has 3 rings (SSSR count). The van der Waals surface area contributed by atoms with Gasteiger partial charge in [-0.3, -0.25) is 0 Å². The van der Waals surface area contributed by atoms with Crippen molar-refractivity contribution in [2.24, 2.45) is 5.73 Å². The molecule has 0 fully saturated rings. The number of imidazole rings is 1. The molecule has 0 saturated heterocycles. The fraction of sp³-hybridized carbons (Fsp3) is 0.143. The number of rotatable bonds is 3. The summed E-state index contributed by atoms with van der Waals surface area (Å²) in [6, 6.07) is 12.2. The van der Waals surface area contributed by atoms with Crippen LogP contribution >= 0.6 is 0 Å². The highest BCUT2D eigenvalue weighted by molar-refractivity contribution is 5.89. The van der Waals surface area contributed by atoms with Crippen LogP contribution in [0.1, 0.15) is 5.82 Å². The van der Waals surface area contributed by atoms with Gasteiger partial charge in [-0.1, -0.05) is 30.3 Å². The minimum Gasteiger partial charge on any atom is -0.340 e. The average Bonchev–Trinajstić information content (AvgIpc) is 2.82. The lowest BCUT2D eigenvalue weighted by Crippen LogP contribution is -2.03. The van der Waals surface area contributed by atoms with Gasteiger partial charge in [-0.05, 0) is 18.2 Å². The zero-order valence-electron chi connectivity index (χ0n) is 9.93. The van der Waals surface area contributed by atoms with Crippen LogP contribution in [0.2, 0.25) is 0 Å². The molecule has 4 heteroatoms. The van der Waals surface area contributed by atoms with Crippen molar-refractivity contribution < 1.29 is 0 Å². The summed E-state index contributed by atoms with van der Waals surface area (Å²) in [4.78, 5) is 12.0. The predicted octanol–water partition coefficient (Wildman–Crippen LogP) is 2.13. The van der Waals surface area contributed by atoms with E-state index in [2.05, 4.69) is 27.1 Å². The molecule has 0 bridgehead atoms. The van der Waals surface area contributed by atoms with Gasteiger partial charge in [0.2, 0.25) is 0 Å². The Balaban J connectivity index is 2.17. The van der Waals surface area contributed by atoms with E-state index in [0.29, 0.717) is 6.54 Å². The molecule has 3 aromatic rings. The summed E-state index contributed by atoms with van der Waals surface area (Å²) in [5.41, 5.74) is 9.56. The van der Waals surface area contributed by atoms with Crippen molar-refractivity contribution in [3.63, 3.8) is 0 Å². The smallest absolute Gasteiger partial charge is 0.178 e. The number of benzene rings is 1. The largest absolute Gasteiger partial charge is 0.340 e. The van der Waals surface area contributed by atoms with Gasteiger partial charge in [-0.2, -0.15) is 0 Å². The summed E-state index contributed by atoms with van der Waals surface area (Å²) in [5, 5.41) is 0. The molecule has 18 heavy (non-hydrogen) atoms. The number of nitrogens with two attached hydrogens (primary N) is 1. The predicted molar refractivity (Wildman–Crippen MR) is 72.1 cm³/mol. The van der Waals surface area contributed by atoms with Gasteiger partial charge in [0, 0.05) is 18.2 Å². The maximum Gasteiger partial charge on any atom is 0.178 e. The lowest BCUT2D eigenvalue weighted by atomic mass is 10.1. The normalized spacial score (nSPS) is 10.9. The van der Waals surface area contributed by atoms with Crippen LogP contribution in [-0.2, 0) is 6.42 Å². The summed E-state index contributed by atoms with van der Waals surface area (Å²) in [6.07, 6.45) is 2.53. The maximum atomic E-state index is 5.55. The molecule has 0 saturated carbocycles.